The number of piperidine rings is 1. The molecule has 9 heteroatoms. The van der Waals surface area contributed by atoms with Crippen molar-refractivity contribution in [3.05, 3.63) is 54.2 Å². The highest BCUT2D eigenvalue weighted by atomic mass is 32.2. The molecule has 1 fully saturated rings. The quantitative estimate of drug-likeness (QED) is 0.704. The van der Waals surface area contributed by atoms with Crippen LogP contribution in [0, 0.1) is 0 Å². The van der Waals surface area contributed by atoms with Gasteiger partial charge in [-0.2, -0.15) is 0 Å². The second-order valence-electron chi connectivity index (χ2n) is 7.41. The lowest BCUT2D eigenvalue weighted by Crippen LogP contribution is -2.37. The van der Waals surface area contributed by atoms with E-state index in [1.165, 1.54) is 11.2 Å². The first-order valence-electron chi connectivity index (χ1n) is 9.39. The summed E-state index contributed by atoms with van der Waals surface area (Å²) < 4.78 is 25.5. The molecule has 0 spiro atoms. The Morgan fingerprint density at radius 1 is 1.17 bits per heavy atom. The Labute approximate surface area is 168 Å². The summed E-state index contributed by atoms with van der Waals surface area (Å²) in [5.74, 6) is 0.231. The summed E-state index contributed by atoms with van der Waals surface area (Å²) in [7, 11) is -3.23. The smallest absolute Gasteiger partial charge is 0.407 e. The van der Waals surface area contributed by atoms with Gasteiger partial charge < -0.3 is 14.6 Å². The van der Waals surface area contributed by atoms with Crippen LogP contribution < -0.4 is 0 Å². The van der Waals surface area contributed by atoms with Crippen LogP contribution in [-0.4, -0.2) is 58.4 Å². The van der Waals surface area contributed by atoms with Gasteiger partial charge in [0.15, 0.2) is 9.84 Å². The lowest BCUT2D eigenvalue weighted by atomic mass is 9.94. The SMILES string of the molecule is CS(=O)(=O)c1ccc2c(ccn2Cc2cnc(C3CCN(C(=O)O)CC3)cn2)c1. The topological polar surface area (TPSA) is 105 Å². The van der Waals surface area contributed by atoms with Gasteiger partial charge in [0, 0.05) is 48.6 Å². The summed E-state index contributed by atoms with van der Waals surface area (Å²) in [6.07, 6.45) is 7.30. The van der Waals surface area contributed by atoms with Crippen LogP contribution in [0.15, 0.2) is 47.8 Å². The lowest BCUT2D eigenvalue weighted by Gasteiger charge is -2.29. The van der Waals surface area contributed by atoms with Crippen LogP contribution in [0.1, 0.15) is 30.1 Å². The zero-order chi connectivity index (χ0) is 20.6. The number of aromatic nitrogens is 3. The Morgan fingerprint density at radius 3 is 2.55 bits per heavy atom. The molecule has 8 nitrogen and oxygen atoms in total. The van der Waals surface area contributed by atoms with Crippen LogP contribution in [0.2, 0.25) is 0 Å². The highest BCUT2D eigenvalue weighted by Crippen LogP contribution is 2.26. The number of benzene rings is 1. The minimum Gasteiger partial charge on any atom is -0.465 e. The number of carboxylic acid groups (broad SMARTS) is 1. The number of hydrogen-bond acceptors (Lipinski definition) is 5. The number of rotatable bonds is 4. The standard InChI is InChI=1S/C20H22N4O4S/c1-29(27,28)17-2-3-19-15(10-17)6-9-24(19)13-16-11-22-18(12-21-16)14-4-7-23(8-5-14)20(25)26/h2-3,6,9-12,14H,4-5,7-8,13H2,1H3,(H,25,26). The van der Waals surface area contributed by atoms with E-state index in [0.29, 0.717) is 24.5 Å². The minimum atomic E-state index is -3.23. The van der Waals surface area contributed by atoms with Crippen LogP contribution in [0.4, 0.5) is 4.79 Å². The van der Waals surface area contributed by atoms with E-state index >= 15 is 0 Å². The third kappa shape index (κ3) is 4.09. The molecule has 0 unspecified atom stereocenters. The number of likely N-dealkylation sites (tertiary alicyclic amines) is 1. The van der Waals surface area contributed by atoms with Gasteiger partial charge in [-0.1, -0.05) is 0 Å². The van der Waals surface area contributed by atoms with Crippen LogP contribution >= 0.6 is 0 Å². The van der Waals surface area contributed by atoms with Gasteiger partial charge in [0.25, 0.3) is 0 Å². The molecule has 0 bridgehead atoms. The molecule has 4 rings (SSSR count). The summed E-state index contributed by atoms with van der Waals surface area (Å²) in [4.78, 5) is 21.9. The van der Waals surface area contributed by atoms with Crippen molar-refractivity contribution in [3.63, 3.8) is 0 Å². The van der Waals surface area contributed by atoms with Crippen molar-refractivity contribution >= 4 is 26.8 Å². The summed E-state index contributed by atoms with van der Waals surface area (Å²) in [6.45, 7) is 1.58. The molecule has 3 aromatic rings. The highest BCUT2D eigenvalue weighted by molar-refractivity contribution is 7.90. The van der Waals surface area contributed by atoms with Gasteiger partial charge in [0.1, 0.15) is 0 Å². The average Bonchev–Trinajstić information content (AvgIpc) is 3.10. The van der Waals surface area contributed by atoms with E-state index in [4.69, 9.17) is 5.11 Å². The van der Waals surface area contributed by atoms with Crippen molar-refractivity contribution in [3.8, 4) is 0 Å². The summed E-state index contributed by atoms with van der Waals surface area (Å²) in [6, 6.07) is 7.00. The Bertz CT molecular complexity index is 1150. The van der Waals surface area contributed by atoms with Crippen molar-refractivity contribution in [2.45, 2.75) is 30.2 Å². The van der Waals surface area contributed by atoms with Crippen molar-refractivity contribution in [2.75, 3.05) is 19.3 Å². The van der Waals surface area contributed by atoms with Gasteiger partial charge in [-0.15, -0.1) is 0 Å². The van der Waals surface area contributed by atoms with Gasteiger partial charge in [0.2, 0.25) is 0 Å². The molecule has 1 aromatic carbocycles. The molecule has 1 aliphatic heterocycles. The second kappa shape index (κ2) is 7.47. The molecule has 29 heavy (non-hydrogen) atoms. The number of hydrogen-bond donors (Lipinski definition) is 1. The van der Waals surface area contributed by atoms with Crippen molar-refractivity contribution in [2.24, 2.45) is 0 Å². The molecule has 1 N–H and O–H groups in total. The number of nitrogens with zero attached hydrogens (tertiary/aromatic N) is 4. The predicted octanol–water partition coefficient (Wildman–Crippen LogP) is 2.74. The van der Waals surface area contributed by atoms with Crippen LogP contribution in [0.5, 0.6) is 0 Å². The van der Waals surface area contributed by atoms with Gasteiger partial charge in [-0.25, -0.2) is 13.2 Å². The molecule has 0 radical (unpaired) electrons. The minimum absolute atomic E-state index is 0.231. The molecule has 0 aliphatic carbocycles. The largest absolute Gasteiger partial charge is 0.465 e. The highest BCUT2D eigenvalue weighted by Gasteiger charge is 2.24. The van der Waals surface area contributed by atoms with Crippen molar-refractivity contribution in [1.82, 2.24) is 19.4 Å². The molecule has 1 saturated heterocycles. The zero-order valence-corrected chi connectivity index (χ0v) is 16.8. The maximum atomic E-state index is 11.7. The molecule has 2 aromatic heterocycles. The van der Waals surface area contributed by atoms with Gasteiger partial charge in [-0.05, 0) is 37.1 Å². The van der Waals surface area contributed by atoms with E-state index in [0.717, 1.165) is 35.1 Å². The zero-order valence-electron chi connectivity index (χ0n) is 16.0. The molecular formula is C20H22N4O4S. The maximum absolute atomic E-state index is 11.7. The Morgan fingerprint density at radius 2 is 1.93 bits per heavy atom. The van der Waals surface area contributed by atoms with E-state index < -0.39 is 15.9 Å². The number of sulfone groups is 1. The second-order valence-corrected chi connectivity index (χ2v) is 9.43. The Balaban J connectivity index is 1.47. The van der Waals surface area contributed by atoms with E-state index in [-0.39, 0.29) is 5.92 Å². The Kier molecular flexibility index (Phi) is 4.99. The normalized spacial score (nSPS) is 15.7. The van der Waals surface area contributed by atoms with Crippen molar-refractivity contribution < 1.29 is 18.3 Å². The molecule has 1 amide bonds. The predicted molar refractivity (Wildman–Crippen MR) is 108 cm³/mol. The summed E-state index contributed by atoms with van der Waals surface area (Å²) in [5, 5.41) is 9.91. The van der Waals surface area contributed by atoms with Gasteiger partial charge in [-0.3, -0.25) is 9.97 Å². The summed E-state index contributed by atoms with van der Waals surface area (Å²) in [5.41, 5.74) is 2.64. The first kappa shape index (κ1) is 19.4. The number of fused-ring (bicyclic) bond motifs is 1. The molecule has 152 valence electrons. The average molecular weight is 414 g/mol. The third-order valence-electron chi connectivity index (χ3n) is 5.41. The molecule has 0 atom stereocenters. The van der Waals surface area contributed by atoms with Crippen LogP contribution in [-0.2, 0) is 16.4 Å². The third-order valence-corrected chi connectivity index (χ3v) is 6.52. The monoisotopic (exact) mass is 414 g/mol. The molecule has 0 saturated carbocycles. The van der Waals surface area contributed by atoms with Crippen LogP contribution in [0.3, 0.4) is 0 Å². The summed E-state index contributed by atoms with van der Waals surface area (Å²) >= 11 is 0. The molecule has 3 heterocycles. The number of amides is 1. The fourth-order valence-electron chi connectivity index (χ4n) is 3.75. The number of carbonyl (C=O) groups is 1. The Hall–Kier alpha value is -2.94. The van der Waals surface area contributed by atoms with E-state index in [2.05, 4.69) is 9.97 Å². The van der Waals surface area contributed by atoms with Crippen LogP contribution in [0.25, 0.3) is 10.9 Å². The first-order valence-corrected chi connectivity index (χ1v) is 11.3. The first-order chi connectivity index (χ1) is 13.8. The van der Waals surface area contributed by atoms with E-state index in [1.807, 2.05) is 22.9 Å². The van der Waals surface area contributed by atoms with Crippen molar-refractivity contribution in [1.29, 1.82) is 0 Å². The fourth-order valence-corrected chi connectivity index (χ4v) is 4.40. The molecule has 1 aliphatic rings. The van der Waals surface area contributed by atoms with E-state index in [1.54, 1.807) is 24.5 Å². The maximum Gasteiger partial charge on any atom is 0.407 e. The van der Waals surface area contributed by atoms with E-state index in [9.17, 15) is 13.2 Å². The molecular weight excluding hydrogens is 392 g/mol. The van der Waals surface area contributed by atoms with Gasteiger partial charge >= 0.3 is 6.09 Å². The fraction of sp³-hybridized carbons (Fsp3) is 0.350. The lowest BCUT2D eigenvalue weighted by molar-refractivity contribution is 0.131. The van der Waals surface area contributed by atoms with Gasteiger partial charge in [0.05, 0.1) is 29.0 Å².